The van der Waals surface area contributed by atoms with Gasteiger partial charge in [-0.1, -0.05) is 0 Å². The number of amides is 2. The first-order valence-electron chi connectivity index (χ1n) is 6.69. The van der Waals surface area contributed by atoms with Crippen LogP contribution in [0.15, 0.2) is 0 Å². The van der Waals surface area contributed by atoms with E-state index in [1.165, 1.54) is 4.90 Å². The molecule has 0 atom stereocenters. The maximum absolute atomic E-state index is 12.4. The normalized spacial score (nSPS) is 10.7. The van der Waals surface area contributed by atoms with Crippen molar-refractivity contribution in [2.24, 2.45) is 0 Å². The van der Waals surface area contributed by atoms with Crippen molar-refractivity contribution < 1.29 is 24.2 Å². The Bertz CT molecular complexity index is 296. The second-order valence-electron chi connectivity index (χ2n) is 4.72. The molecule has 0 fully saturated rings. The van der Waals surface area contributed by atoms with Gasteiger partial charge in [0.25, 0.3) is 0 Å². The van der Waals surface area contributed by atoms with E-state index >= 15 is 0 Å². The van der Waals surface area contributed by atoms with E-state index in [0.717, 1.165) is 0 Å². The van der Waals surface area contributed by atoms with Crippen LogP contribution in [0.3, 0.4) is 0 Å². The molecule has 0 aliphatic heterocycles. The quantitative estimate of drug-likeness (QED) is 0.604. The standard InChI is InChI=1S/C13H26N2O5/c1-11(2)15(10-12(16)17)13(18)14(7-9-20-4)6-5-8-19-3/h11H,5-10H2,1-4H3,(H,16,17). The van der Waals surface area contributed by atoms with Crippen LogP contribution in [-0.2, 0) is 14.3 Å². The predicted molar refractivity (Wildman–Crippen MR) is 74.8 cm³/mol. The summed E-state index contributed by atoms with van der Waals surface area (Å²) in [6.07, 6.45) is 0.699. The number of hydrogen-bond acceptors (Lipinski definition) is 4. The average molecular weight is 290 g/mol. The van der Waals surface area contributed by atoms with Gasteiger partial charge in [-0.05, 0) is 20.3 Å². The van der Waals surface area contributed by atoms with Gasteiger partial charge in [-0.3, -0.25) is 4.79 Å². The van der Waals surface area contributed by atoms with Crippen LogP contribution in [0.1, 0.15) is 20.3 Å². The van der Waals surface area contributed by atoms with E-state index in [2.05, 4.69) is 0 Å². The maximum Gasteiger partial charge on any atom is 0.323 e. The lowest BCUT2D eigenvalue weighted by atomic mass is 10.3. The highest BCUT2D eigenvalue weighted by Crippen LogP contribution is 2.06. The minimum atomic E-state index is -1.02. The van der Waals surface area contributed by atoms with Crippen LogP contribution in [0.2, 0.25) is 0 Å². The molecule has 0 heterocycles. The summed E-state index contributed by atoms with van der Waals surface area (Å²) in [7, 11) is 3.17. The second kappa shape index (κ2) is 10.4. The molecule has 0 aromatic heterocycles. The number of carbonyl (C=O) groups excluding carboxylic acids is 1. The van der Waals surface area contributed by atoms with Crippen molar-refractivity contribution >= 4 is 12.0 Å². The number of carboxylic acids is 1. The van der Waals surface area contributed by atoms with Gasteiger partial charge in [-0.15, -0.1) is 0 Å². The number of aliphatic carboxylic acids is 1. The van der Waals surface area contributed by atoms with E-state index < -0.39 is 5.97 Å². The van der Waals surface area contributed by atoms with Crippen LogP contribution in [-0.4, -0.2) is 80.0 Å². The molecule has 118 valence electrons. The van der Waals surface area contributed by atoms with Crippen molar-refractivity contribution in [3.05, 3.63) is 0 Å². The summed E-state index contributed by atoms with van der Waals surface area (Å²) in [6, 6.07) is -0.457. The van der Waals surface area contributed by atoms with E-state index in [4.69, 9.17) is 14.6 Å². The number of hydrogen-bond donors (Lipinski definition) is 1. The number of carboxylic acid groups (broad SMARTS) is 1. The third kappa shape index (κ3) is 7.30. The molecule has 7 heteroatoms. The van der Waals surface area contributed by atoms with E-state index in [-0.39, 0.29) is 18.6 Å². The third-order valence-electron chi connectivity index (χ3n) is 2.79. The lowest BCUT2D eigenvalue weighted by molar-refractivity contribution is -0.138. The topological polar surface area (TPSA) is 79.3 Å². The molecular weight excluding hydrogens is 264 g/mol. The highest BCUT2D eigenvalue weighted by atomic mass is 16.5. The first kappa shape index (κ1) is 18.7. The summed E-state index contributed by atoms with van der Waals surface area (Å²) in [5, 5.41) is 8.90. The zero-order valence-corrected chi connectivity index (χ0v) is 12.8. The van der Waals surface area contributed by atoms with E-state index in [1.807, 2.05) is 0 Å². The van der Waals surface area contributed by atoms with Crippen LogP contribution in [0.4, 0.5) is 4.79 Å². The van der Waals surface area contributed by atoms with Crippen molar-refractivity contribution in [2.45, 2.75) is 26.3 Å². The van der Waals surface area contributed by atoms with Gasteiger partial charge < -0.3 is 24.4 Å². The van der Waals surface area contributed by atoms with Gasteiger partial charge >= 0.3 is 12.0 Å². The minimum absolute atomic E-state index is 0.175. The fraction of sp³-hybridized carbons (Fsp3) is 0.846. The minimum Gasteiger partial charge on any atom is -0.480 e. The van der Waals surface area contributed by atoms with Crippen LogP contribution >= 0.6 is 0 Å². The number of ether oxygens (including phenoxy) is 2. The number of methoxy groups -OCH3 is 2. The molecule has 0 saturated carbocycles. The molecule has 7 nitrogen and oxygen atoms in total. The Kier molecular flexibility index (Phi) is 9.75. The second-order valence-corrected chi connectivity index (χ2v) is 4.72. The number of nitrogens with zero attached hydrogens (tertiary/aromatic N) is 2. The Morgan fingerprint density at radius 3 is 2.15 bits per heavy atom. The van der Waals surface area contributed by atoms with Crippen LogP contribution in [0.5, 0.6) is 0 Å². The molecule has 0 radical (unpaired) electrons. The molecule has 20 heavy (non-hydrogen) atoms. The smallest absolute Gasteiger partial charge is 0.323 e. The molecule has 0 rings (SSSR count). The maximum atomic E-state index is 12.4. The van der Waals surface area contributed by atoms with Crippen LogP contribution in [0, 0.1) is 0 Å². The Balaban J connectivity index is 4.71. The van der Waals surface area contributed by atoms with Crippen molar-refractivity contribution in [3.8, 4) is 0 Å². The monoisotopic (exact) mass is 290 g/mol. The molecule has 2 amide bonds. The Morgan fingerprint density at radius 1 is 1.10 bits per heavy atom. The lowest BCUT2D eigenvalue weighted by Gasteiger charge is -2.32. The highest BCUT2D eigenvalue weighted by Gasteiger charge is 2.24. The number of urea groups is 1. The van der Waals surface area contributed by atoms with E-state index in [1.54, 1.807) is 33.0 Å². The van der Waals surface area contributed by atoms with Crippen molar-refractivity contribution in [2.75, 3.05) is 47.1 Å². The third-order valence-corrected chi connectivity index (χ3v) is 2.79. The van der Waals surface area contributed by atoms with Crippen molar-refractivity contribution in [1.82, 2.24) is 9.80 Å². The molecule has 0 unspecified atom stereocenters. The average Bonchev–Trinajstić information content (AvgIpc) is 2.38. The Labute approximate surface area is 120 Å². The van der Waals surface area contributed by atoms with Crippen LogP contribution < -0.4 is 0 Å². The summed E-state index contributed by atoms with van der Waals surface area (Å²) in [4.78, 5) is 26.2. The Morgan fingerprint density at radius 2 is 1.70 bits per heavy atom. The van der Waals surface area contributed by atoms with Crippen LogP contribution in [0.25, 0.3) is 0 Å². The van der Waals surface area contributed by atoms with Gasteiger partial charge in [-0.2, -0.15) is 0 Å². The molecular formula is C13H26N2O5. The summed E-state index contributed by atoms with van der Waals surface area (Å²) in [5.74, 6) is -1.02. The van der Waals surface area contributed by atoms with Gasteiger partial charge in [0.2, 0.25) is 0 Å². The first-order valence-corrected chi connectivity index (χ1v) is 6.69. The molecule has 0 bridgehead atoms. The van der Waals surface area contributed by atoms with E-state index in [9.17, 15) is 9.59 Å². The SMILES string of the molecule is COCCCN(CCOC)C(=O)N(CC(=O)O)C(C)C. The summed E-state index contributed by atoms with van der Waals surface area (Å²) in [5.41, 5.74) is 0. The van der Waals surface area contributed by atoms with Gasteiger partial charge in [-0.25, -0.2) is 4.79 Å². The zero-order valence-electron chi connectivity index (χ0n) is 12.8. The summed E-state index contributed by atoms with van der Waals surface area (Å²) in [6.45, 7) is 5.20. The molecule has 0 saturated heterocycles. The van der Waals surface area contributed by atoms with Gasteiger partial charge in [0.1, 0.15) is 6.54 Å². The molecule has 1 N–H and O–H groups in total. The number of carbonyl (C=O) groups is 2. The first-order chi connectivity index (χ1) is 9.43. The fourth-order valence-corrected chi connectivity index (χ4v) is 1.70. The lowest BCUT2D eigenvalue weighted by Crippen LogP contribution is -2.49. The summed E-state index contributed by atoms with van der Waals surface area (Å²) < 4.78 is 9.96. The van der Waals surface area contributed by atoms with Gasteiger partial charge in [0.15, 0.2) is 0 Å². The molecule has 0 aromatic rings. The van der Waals surface area contributed by atoms with Gasteiger partial charge in [0, 0.05) is 40.0 Å². The molecule has 0 spiro atoms. The van der Waals surface area contributed by atoms with Crippen molar-refractivity contribution in [1.29, 1.82) is 0 Å². The molecule has 0 aromatic carbocycles. The largest absolute Gasteiger partial charge is 0.480 e. The Hall–Kier alpha value is -1.34. The highest BCUT2D eigenvalue weighted by molar-refractivity contribution is 5.80. The predicted octanol–water partition coefficient (Wildman–Crippen LogP) is 0.886. The van der Waals surface area contributed by atoms with Gasteiger partial charge in [0.05, 0.1) is 6.61 Å². The summed E-state index contributed by atoms with van der Waals surface area (Å²) >= 11 is 0. The zero-order chi connectivity index (χ0) is 15.5. The van der Waals surface area contributed by atoms with E-state index in [0.29, 0.717) is 32.7 Å². The molecule has 0 aliphatic carbocycles. The number of rotatable bonds is 10. The van der Waals surface area contributed by atoms with Crippen molar-refractivity contribution in [3.63, 3.8) is 0 Å². The molecule has 0 aliphatic rings. The fourth-order valence-electron chi connectivity index (χ4n) is 1.70.